The van der Waals surface area contributed by atoms with Crippen LogP contribution in [0.25, 0.3) is 0 Å². The Labute approximate surface area is 82.6 Å². The number of rotatable bonds is 3. The summed E-state index contributed by atoms with van der Waals surface area (Å²) >= 11 is 0. The molecule has 72 valence electrons. The molecule has 0 saturated carbocycles. The Bertz CT molecular complexity index is 287. The van der Waals surface area contributed by atoms with Crippen LogP contribution in [0.3, 0.4) is 0 Å². The Morgan fingerprint density at radius 2 is 1.77 bits per heavy atom. The van der Waals surface area contributed by atoms with Gasteiger partial charge < -0.3 is 0 Å². The monoisotopic (exact) mass is 196 g/mol. The predicted molar refractivity (Wildman–Crippen MR) is 57.3 cm³/mol. The minimum absolute atomic E-state index is 0.679. The first kappa shape index (κ1) is 10.5. The van der Waals surface area contributed by atoms with E-state index in [1.54, 1.807) is 6.26 Å². The molecule has 1 atom stereocenters. The van der Waals surface area contributed by atoms with Crippen molar-refractivity contribution in [2.45, 2.75) is 25.2 Å². The zero-order valence-electron chi connectivity index (χ0n) is 8.41. The first-order chi connectivity index (χ1) is 6.09. The van der Waals surface area contributed by atoms with E-state index in [2.05, 4.69) is 26.0 Å². The second kappa shape index (κ2) is 4.56. The molecule has 13 heavy (non-hydrogen) atoms. The van der Waals surface area contributed by atoms with Crippen molar-refractivity contribution in [2.75, 3.05) is 6.26 Å². The quantitative estimate of drug-likeness (QED) is 0.726. The van der Waals surface area contributed by atoms with Gasteiger partial charge in [-0.15, -0.1) is 0 Å². The molecule has 1 aromatic rings. The summed E-state index contributed by atoms with van der Waals surface area (Å²) in [6, 6.07) is 8.04. The molecule has 0 amide bonds. The van der Waals surface area contributed by atoms with Crippen molar-refractivity contribution < 1.29 is 4.21 Å². The van der Waals surface area contributed by atoms with E-state index < -0.39 is 10.8 Å². The topological polar surface area (TPSA) is 17.1 Å². The van der Waals surface area contributed by atoms with Gasteiger partial charge in [-0.2, -0.15) is 0 Å². The second-order valence-corrected chi connectivity index (χ2v) is 5.08. The summed E-state index contributed by atoms with van der Waals surface area (Å²) in [7, 11) is -0.850. The van der Waals surface area contributed by atoms with Crippen LogP contribution in [0.4, 0.5) is 0 Å². The highest BCUT2D eigenvalue weighted by Crippen LogP contribution is 2.11. The molecule has 1 nitrogen and oxygen atoms in total. The van der Waals surface area contributed by atoms with Crippen molar-refractivity contribution in [1.29, 1.82) is 0 Å². The van der Waals surface area contributed by atoms with Crippen molar-refractivity contribution in [3.05, 3.63) is 29.8 Å². The summed E-state index contributed by atoms with van der Waals surface area (Å²) in [5.41, 5.74) is 1.32. The Morgan fingerprint density at radius 1 is 1.23 bits per heavy atom. The molecule has 0 heterocycles. The fraction of sp³-hybridized carbons (Fsp3) is 0.455. The molecular formula is C11H16OS. The lowest BCUT2D eigenvalue weighted by Crippen LogP contribution is -1.94. The number of hydrogen-bond donors (Lipinski definition) is 0. The van der Waals surface area contributed by atoms with Crippen LogP contribution >= 0.6 is 0 Å². The van der Waals surface area contributed by atoms with Crippen LogP contribution in [0.5, 0.6) is 0 Å². The summed E-state index contributed by atoms with van der Waals surface area (Å²) in [5, 5.41) is 0. The Hall–Kier alpha value is -0.630. The fourth-order valence-electron chi connectivity index (χ4n) is 1.29. The van der Waals surface area contributed by atoms with E-state index in [4.69, 9.17) is 0 Å². The SMILES string of the molecule is CC(C)Cc1ccc(S(C)=O)cc1. The Balaban J connectivity index is 2.75. The van der Waals surface area contributed by atoms with Gasteiger partial charge in [-0.3, -0.25) is 4.21 Å². The third kappa shape index (κ3) is 3.31. The molecule has 0 aliphatic carbocycles. The van der Waals surface area contributed by atoms with Crippen LogP contribution in [-0.4, -0.2) is 10.5 Å². The molecule has 2 heteroatoms. The van der Waals surface area contributed by atoms with Crippen LogP contribution in [0.15, 0.2) is 29.2 Å². The molecule has 0 radical (unpaired) electrons. The lowest BCUT2D eigenvalue weighted by atomic mass is 10.0. The zero-order valence-corrected chi connectivity index (χ0v) is 9.23. The van der Waals surface area contributed by atoms with Crippen LogP contribution < -0.4 is 0 Å². The highest BCUT2D eigenvalue weighted by atomic mass is 32.2. The van der Waals surface area contributed by atoms with Crippen LogP contribution in [0.1, 0.15) is 19.4 Å². The Kier molecular flexibility index (Phi) is 3.67. The molecule has 0 spiro atoms. The minimum atomic E-state index is -0.850. The molecule has 0 N–H and O–H groups in total. The smallest absolute Gasteiger partial charge is 0.0498 e. The van der Waals surface area contributed by atoms with Crippen LogP contribution in [0.2, 0.25) is 0 Å². The third-order valence-electron chi connectivity index (χ3n) is 1.90. The van der Waals surface area contributed by atoms with Crippen LogP contribution in [-0.2, 0) is 17.2 Å². The average Bonchev–Trinajstić information content (AvgIpc) is 2.04. The molecule has 1 aromatic carbocycles. The van der Waals surface area contributed by atoms with E-state index >= 15 is 0 Å². The van der Waals surface area contributed by atoms with Gasteiger partial charge >= 0.3 is 0 Å². The molecule has 0 bridgehead atoms. The lowest BCUT2D eigenvalue weighted by Gasteiger charge is -2.04. The van der Waals surface area contributed by atoms with Crippen molar-refractivity contribution >= 4 is 10.8 Å². The fourth-order valence-corrected chi connectivity index (χ4v) is 1.81. The van der Waals surface area contributed by atoms with Gasteiger partial charge in [-0.1, -0.05) is 26.0 Å². The maximum absolute atomic E-state index is 11.1. The van der Waals surface area contributed by atoms with Gasteiger partial charge in [-0.05, 0) is 30.0 Å². The van der Waals surface area contributed by atoms with Gasteiger partial charge in [0.1, 0.15) is 0 Å². The first-order valence-electron chi connectivity index (χ1n) is 4.52. The van der Waals surface area contributed by atoms with Gasteiger partial charge in [0.15, 0.2) is 0 Å². The zero-order chi connectivity index (χ0) is 9.84. The molecule has 1 unspecified atom stereocenters. The van der Waals surface area contributed by atoms with E-state index in [9.17, 15) is 4.21 Å². The molecule has 1 rings (SSSR count). The Morgan fingerprint density at radius 3 is 2.15 bits per heavy atom. The minimum Gasteiger partial charge on any atom is -0.255 e. The predicted octanol–water partition coefficient (Wildman–Crippen LogP) is 2.62. The summed E-state index contributed by atoms with van der Waals surface area (Å²) in [5.74, 6) is 0.679. The lowest BCUT2D eigenvalue weighted by molar-refractivity contribution is 0.647. The number of hydrogen-bond acceptors (Lipinski definition) is 1. The summed E-state index contributed by atoms with van der Waals surface area (Å²) in [6.45, 7) is 4.40. The van der Waals surface area contributed by atoms with E-state index in [-0.39, 0.29) is 0 Å². The standard InChI is InChI=1S/C11H16OS/c1-9(2)8-10-4-6-11(7-5-10)13(3)12/h4-7,9H,8H2,1-3H3. The normalized spacial score (nSPS) is 13.2. The average molecular weight is 196 g/mol. The molecule has 0 aliphatic heterocycles. The van der Waals surface area contributed by atoms with Crippen molar-refractivity contribution in [1.82, 2.24) is 0 Å². The second-order valence-electron chi connectivity index (χ2n) is 3.70. The van der Waals surface area contributed by atoms with Crippen molar-refractivity contribution in [3.63, 3.8) is 0 Å². The molecular weight excluding hydrogens is 180 g/mol. The molecule has 0 saturated heterocycles. The maximum Gasteiger partial charge on any atom is 0.0498 e. The summed E-state index contributed by atoms with van der Waals surface area (Å²) in [6.07, 6.45) is 2.80. The highest BCUT2D eigenvalue weighted by molar-refractivity contribution is 7.84. The van der Waals surface area contributed by atoms with Gasteiger partial charge in [-0.25, -0.2) is 0 Å². The van der Waals surface area contributed by atoms with E-state index in [1.165, 1.54) is 5.56 Å². The largest absolute Gasteiger partial charge is 0.255 e. The van der Waals surface area contributed by atoms with Gasteiger partial charge in [0, 0.05) is 22.0 Å². The summed E-state index contributed by atoms with van der Waals surface area (Å²) in [4.78, 5) is 0.910. The van der Waals surface area contributed by atoms with Crippen molar-refractivity contribution in [2.24, 2.45) is 5.92 Å². The third-order valence-corrected chi connectivity index (χ3v) is 2.84. The van der Waals surface area contributed by atoms with Gasteiger partial charge in [0.05, 0.1) is 0 Å². The van der Waals surface area contributed by atoms with E-state index in [1.807, 2.05) is 12.1 Å². The molecule has 0 fully saturated rings. The molecule has 0 aliphatic rings. The van der Waals surface area contributed by atoms with Gasteiger partial charge in [0.25, 0.3) is 0 Å². The van der Waals surface area contributed by atoms with E-state index in [0.29, 0.717) is 5.92 Å². The number of benzene rings is 1. The van der Waals surface area contributed by atoms with Crippen LogP contribution in [0, 0.1) is 5.92 Å². The first-order valence-corrected chi connectivity index (χ1v) is 6.07. The molecule has 0 aromatic heterocycles. The summed E-state index contributed by atoms with van der Waals surface area (Å²) < 4.78 is 11.1. The van der Waals surface area contributed by atoms with Gasteiger partial charge in [0.2, 0.25) is 0 Å². The maximum atomic E-state index is 11.1. The van der Waals surface area contributed by atoms with Crippen molar-refractivity contribution in [3.8, 4) is 0 Å². The highest BCUT2D eigenvalue weighted by Gasteiger charge is 1.99. The van der Waals surface area contributed by atoms with E-state index in [0.717, 1.165) is 11.3 Å².